The Hall–Kier alpha value is -5.15. The van der Waals surface area contributed by atoms with Gasteiger partial charge in [0, 0.05) is 41.3 Å². The summed E-state index contributed by atoms with van der Waals surface area (Å²) >= 11 is 0. The van der Waals surface area contributed by atoms with Crippen LogP contribution in [0.15, 0.2) is 146 Å². The standard InChI is InChI=1S/C46H48N3/c1-4-48(37-17-8-6-9-18-37)39-28-24-35(25-29-39)46(36-26-30-40(31-27-36)49(5-2)38-19-10-7-11-20-38)43-32-33-45(42-22-14-13-21-41(42)43)47-44-23-15-12-16-34(44)3/h6-11,13-14,17-22,24-34,44,47H,4-5,12,15-16,23H2,1-3H3/q+1. The first kappa shape index (κ1) is 32.4. The molecule has 1 fully saturated rings. The highest BCUT2D eigenvalue weighted by atomic mass is 15.1. The fourth-order valence-electron chi connectivity index (χ4n) is 7.71. The van der Waals surface area contributed by atoms with Crippen molar-refractivity contribution in [1.29, 1.82) is 0 Å². The molecule has 2 unspecified atom stereocenters. The van der Waals surface area contributed by atoms with E-state index in [1.165, 1.54) is 87.5 Å². The Labute approximate surface area is 293 Å². The Kier molecular flexibility index (Phi) is 9.89. The molecule has 6 aromatic carbocycles. The van der Waals surface area contributed by atoms with Crippen LogP contribution in [-0.2, 0) is 0 Å². The third-order valence-corrected chi connectivity index (χ3v) is 10.3. The molecule has 0 saturated heterocycles. The average molecular weight is 643 g/mol. The van der Waals surface area contributed by atoms with Gasteiger partial charge in [0.25, 0.3) is 0 Å². The van der Waals surface area contributed by atoms with E-state index in [1.807, 2.05) is 0 Å². The van der Waals surface area contributed by atoms with Crippen LogP contribution < -0.4 is 15.1 Å². The van der Waals surface area contributed by atoms with Gasteiger partial charge in [-0.3, -0.25) is 0 Å². The minimum absolute atomic E-state index is 0.517. The summed E-state index contributed by atoms with van der Waals surface area (Å²) in [6.07, 6.45) is 5.19. The number of para-hydroxylation sites is 2. The van der Waals surface area contributed by atoms with Gasteiger partial charge in [0.05, 0.1) is 39.7 Å². The van der Waals surface area contributed by atoms with Gasteiger partial charge >= 0.3 is 0 Å². The third-order valence-electron chi connectivity index (χ3n) is 10.3. The first-order valence-electron chi connectivity index (χ1n) is 18.2. The van der Waals surface area contributed by atoms with Gasteiger partial charge in [0.2, 0.25) is 0 Å². The van der Waals surface area contributed by atoms with Crippen LogP contribution in [0.1, 0.15) is 63.1 Å². The summed E-state index contributed by atoms with van der Waals surface area (Å²) in [5.41, 5.74) is 9.72. The Morgan fingerprint density at radius 3 is 1.51 bits per heavy atom. The molecule has 7 rings (SSSR count). The summed E-state index contributed by atoms with van der Waals surface area (Å²) in [6, 6.07) is 53.8. The number of hydrogen-bond acceptors (Lipinski definition) is 3. The zero-order valence-corrected chi connectivity index (χ0v) is 29.1. The number of hydrogen-bond donors (Lipinski definition) is 1. The maximum atomic E-state index is 3.98. The van der Waals surface area contributed by atoms with Crippen molar-refractivity contribution in [3.05, 3.63) is 168 Å². The van der Waals surface area contributed by atoms with Crippen LogP contribution in [0.2, 0.25) is 0 Å². The quantitative estimate of drug-likeness (QED) is 0.112. The zero-order valence-electron chi connectivity index (χ0n) is 29.1. The fourth-order valence-corrected chi connectivity index (χ4v) is 7.71. The topological polar surface area (TPSA) is 18.5 Å². The molecular formula is C46H48N3+. The minimum Gasteiger partial charge on any atom is -0.381 e. The molecule has 0 radical (unpaired) electrons. The van der Waals surface area contributed by atoms with E-state index in [4.69, 9.17) is 0 Å². The van der Waals surface area contributed by atoms with Gasteiger partial charge in [0.1, 0.15) is 0 Å². The Morgan fingerprint density at radius 1 is 0.531 bits per heavy atom. The third kappa shape index (κ3) is 6.89. The fraction of sp³-hybridized carbons (Fsp3) is 0.239. The number of anilines is 5. The molecule has 0 aliphatic heterocycles. The van der Waals surface area contributed by atoms with Crippen LogP contribution in [0.25, 0.3) is 10.8 Å². The van der Waals surface area contributed by atoms with Gasteiger partial charge in [-0.25, -0.2) is 0 Å². The summed E-state index contributed by atoms with van der Waals surface area (Å²) in [6.45, 7) is 8.63. The largest absolute Gasteiger partial charge is 0.381 e. The van der Waals surface area contributed by atoms with Gasteiger partial charge < -0.3 is 15.1 Å². The average Bonchev–Trinajstić information content (AvgIpc) is 3.16. The van der Waals surface area contributed by atoms with Crippen LogP contribution in [0.4, 0.5) is 28.4 Å². The van der Waals surface area contributed by atoms with E-state index >= 15 is 0 Å². The summed E-state index contributed by atoms with van der Waals surface area (Å²) in [5.74, 6) is 1.93. The van der Waals surface area contributed by atoms with Crippen LogP contribution >= 0.6 is 0 Å². The first-order chi connectivity index (χ1) is 24.1. The van der Waals surface area contributed by atoms with E-state index < -0.39 is 0 Å². The van der Waals surface area contributed by atoms with Crippen LogP contribution in [0.5, 0.6) is 0 Å². The molecule has 1 aliphatic carbocycles. The summed E-state index contributed by atoms with van der Waals surface area (Å²) in [7, 11) is 0. The molecule has 246 valence electrons. The molecule has 3 heteroatoms. The lowest BCUT2D eigenvalue weighted by Crippen LogP contribution is -2.30. The van der Waals surface area contributed by atoms with Gasteiger partial charge in [-0.15, -0.1) is 0 Å². The lowest BCUT2D eigenvalue weighted by molar-refractivity contribution is 0.350. The molecule has 0 spiro atoms. The first-order valence-corrected chi connectivity index (χ1v) is 18.2. The molecule has 0 bridgehead atoms. The summed E-state index contributed by atoms with van der Waals surface area (Å²) < 4.78 is 0. The Balaban J connectivity index is 1.30. The van der Waals surface area contributed by atoms with Crippen molar-refractivity contribution in [2.75, 3.05) is 28.2 Å². The molecule has 2 atom stereocenters. The van der Waals surface area contributed by atoms with E-state index in [9.17, 15) is 0 Å². The molecule has 49 heavy (non-hydrogen) atoms. The number of benzene rings is 6. The summed E-state index contributed by atoms with van der Waals surface area (Å²) in [4.78, 5) is 4.73. The van der Waals surface area contributed by atoms with E-state index in [0.29, 0.717) is 12.0 Å². The SMILES string of the molecule is CCN(c1ccccc1)c1ccc([C+](c2ccc(N(CC)c3ccccc3)cc2)c2ccc(NC3CCCCC3C)c3ccccc23)cc1. The second kappa shape index (κ2) is 15.0. The van der Waals surface area contributed by atoms with E-state index in [0.717, 1.165) is 13.1 Å². The maximum Gasteiger partial charge on any atom is 0.0638 e. The number of rotatable bonds is 11. The monoisotopic (exact) mass is 642 g/mol. The normalized spacial score (nSPS) is 15.9. The molecule has 1 saturated carbocycles. The highest BCUT2D eigenvalue weighted by Gasteiger charge is 2.28. The van der Waals surface area contributed by atoms with Gasteiger partial charge in [-0.1, -0.05) is 68.3 Å². The second-order valence-electron chi connectivity index (χ2n) is 13.3. The van der Waals surface area contributed by atoms with Gasteiger partial charge in [0.15, 0.2) is 0 Å². The molecule has 6 aromatic rings. The predicted molar refractivity (Wildman–Crippen MR) is 211 cm³/mol. The zero-order chi connectivity index (χ0) is 33.6. The van der Waals surface area contributed by atoms with Gasteiger partial charge in [-0.05, 0) is 130 Å². The molecule has 1 N–H and O–H groups in total. The van der Waals surface area contributed by atoms with Crippen LogP contribution in [0.3, 0.4) is 0 Å². The van der Waals surface area contributed by atoms with Crippen molar-refractivity contribution in [2.45, 2.75) is 52.5 Å². The van der Waals surface area contributed by atoms with Crippen molar-refractivity contribution < 1.29 is 0 Å². The molecule has 0 aromatic heterocycles. The van der Waals surface area contributed by atoms with Crippen molar-refractivity contribution in [2.24, 2.45) is 5.92 Å². The van der Waals surface area contributed by atoms with Crippen molar-refractivity contribution >= 4 is 39.2 Å². The van der Waals surface area contributed by atoms with Crippen molar-refractivity contribution in [3.8, 4) is 0 Å². The van der Waals surface area contributed by atoms with E-state index in [1.54, 1.807) is 0 Å². The minimum atomic E-state index is 0.517. The molecule has 0 amide bonds. The van der Waals surface area contributed by atoms with Crippen LogP contribution in [0, 0.1) is 11.8 Å². The highest BCUT2D eigenvalue weighted by Crippen LogP contribution is 2.40. The number of nitrogens with zero attached hydrogens (tertiary/aromatic N) is 2. The molecule has 1 aliphatic rings. The number of fused-ring (bicyclic) bond motifs is 1. The molecule has 3 nitrogen and oxygen atoms in total. The smallest absolute Gasteiger partial charge is 0.0638 e. The molecule has 0 heterocycles. The predicted octanol–water partition coefficient (Wildman–Crippen LogP) is 12.2. The van der Waals surface area contributed by atoms with Crippen molar-refractivity contribution in [3.63, 3.8) is 0 Å². The lowest BCUT2D eigenvalue weighted by Gasteiger charge is -2.31. The highest BCUT2D eigenvalue weighted by molar-refractivity contribution is 5.98. The maximum absolute atomic E-state index is 3.98. The van der Waals surface area contributed by atoms with Gasteiger partial charge in [-0.2, -0.15) is 0 Å². The van der Waals surface area contributed by atoms with E-state index in [2.05, 4.69) is 181 Å². The lowest BCUT2D eigenvalue weighted by atomic mass is 9.82. The van der Waals surface area contributed by atoms with E-state index in [-0.39, 0.29) is 0 Å². The molecular weight excluding hydrogens is 595 g/mol. The van der Waals surface area contributed by atoms with Crippen LogP contribution in [-0.4, -0.2) is 19.1 Å². The van der Waals surface area contributed by atoms with Crippen molar-refractivity contribution in [1.82, 2.24) is 0 Å². The Bertz CT molecular complexity index is 1840. The Morgan fingerprint density at radius 2 is 1.00 bits per heavy atom. The number of nitrogens with one attached hydrogen (secondary N) is 1. The summed E-state index contributed by atoms with van der Waals surface area (Å²) in [5, 5.41) is 6.54. The second-order valence-corrected chi connectivity index (χ2v) is 13.3.